The molecule has 1 aliphatic carbocycles. The van der Waals surface area contributed by atoms with Crippen LogP contribution in [0, 0.1) is 22.3 Å². The first-order chi connectivity index (χ1) is 37.8. The van der Waals surface area contributed by atoms with Gasteiger partial charge in [-0.1, -0.05) is 200 Å². The molecule has 493 valence electrons. The number of phenols is 2. The average Bonchev–Trinajstić information content (AvgIpc) is 3.44. The molecule has 2 aromatic carbocycles. The molecule has 2 atom stereocenters. The predicted molar refractivity (Wildman–Crippen MR) is 366 cm³/mol. The third-order valence-electron chi connectivity index (χ3n) is 18.6. The van der Waals surface area contributed by atoms with Crippen molar-refractivity contribution in [3.63, 3.8) is 0 Å². The van der Waals surface area contributed by atoms with Gasteiger partial charge in [-0.2, -0.15) is 0 Å². The summed E-state index contributed by atoms with van der Waals surface area (Å²) in [5, 5.41) is 38.3. The van der Waals surface area contributed by atoms with Crippen LogP contribution in [0.2, 0.25) is 0 Å². The normalized spacial score (nSPS) is 15.2. The molecular formula is C74H137CoN4O5-. The number of nitrogens with zero attached hydrogens (tertiary/aromatic N) is 4. The summed E-state index contributed by atoms with van der Waals surface area (Å²) in [5.74, 6) is 0.747. The molecule has 1 radical (unpaired) electrons. The fraction of sp³-hybridized carbons (Fsp3) is 0.757. The van der Waals surface area contributed by atoms with Gasteiger partial charge < -0.3 is 51.7 Å². The molecule has 4 N–H and O–H groups in total. The molecule has 3 rings (SSSR count). The minimum absolute atomic E-state index is 0. The summed E-state index contributed by atoms with van der Waals surface area (Å²) < 4.78 is 2.56. The van der Waals surface area contributed by atoms with E-state index >= 15 is 0 Å². The molecule has 0 amide bonds. The number of benzene rings is 2. The number of hydrogen-bond acceptors (Lipinski definition) is 5. The Bertz CT molecular complexity index is 2010. The summed E-state index contributed by atoms with van der Waals surface area (Å²) in [6.07, 6.45) is 33.6. The van der Waals surface area contributed by atoms with Crippen molar-refractivity contribution in [2.75, 3.05) is 52.4 Å². The van der Waals surface area contributed by atoms with Gasteiger partial charge in [0.25, 0.3) is 0 Å². The van der Waals surface area contributed by atoms with Crippen LogP contribution in [0.5, 0.6) is 11.5 Å². The molecule has 1 fully saturated rings. The third-order valence-corrected chi connectivity index (χ3v) is 18.6. The molecule has 84 heavy (non-hydrogen) atoms. The Morgan fingerprint density at radius 2 is 0.690 bits per heavy atom. The zero-order valence-electron chi connectivity index (χ0n) is 58.5. The minimum Gasteiger partial charge on any atom is -0.507 e. The van der Waals surface area contributed by atoms with Crippen molar-refractivity contribution in [2.24, 2.45) is 9.98 Å². The van der Waals surface area contributed by atoms with Gasteiger partial charge in [-0.05, 0) is 135 Å². The van der Waals surface area contributed by atoms with Crippen molar-refractivity contribution in [1.82, 2.24) is 0 Å². The van der Waals surface area contributed by atoms with Crippen LogP contribution in [0.4, 0.5) is 4.79 Å². The van der Waals surface area contributed by atoms with E-state index in [0.29, 0.717) is 11.5 Å². The quantitative estimate of drug-likeness (QED) is 0.0303. The zero-order valence-corrected chi connectivity index (χ0v) is 59.5. The number of rotatable bonds is 38. The molecule has 1 aliphatic rings. The van der Waals surface area contributed by atoms with Crippen LogP contribution in [0.1, 0.15) is 311 Å². The van der Waals surface area contributed by atoms with E-state index in [9.17, 15) is 10.2 Å². The summed E-state index contributed by atoms with van der Waals surface area (Å²) in [7, 11) is 0. The van der Waals surface area contributed by atoms with Crippen molar-refractivity contribution in [3.05, 3.63) is 79.9 Å². The SMILES string of the molecule is CCCCC(C)(CCCC)c1cc(C=NC2CCCCC2N=Cc2cc(C(C)(CCC[N+](CCCC)(CCCC)CCCC)CCC[N+](CCCC)(CCCC)CCCC)cc(C(C)(C)C)c2O)c(O)c(C(C)(C)C)c1.O=C(O)O.[CH3-].[CH3-].[CH3-].[Co]. The fourth-order valence-electron chi connectivity index (χ4n) is 13.0. The van der Waals surface area contributed by atoms with Crippen molar-refractivity contribution >= 4 is 18.6 Å². The van der Waals surface area contributed by atoms with Gasteiger partial charge in [-0.3, -0.25) is 9.98 Å². The van der Waals surface area contributed by atoms with E-state index in [1.807, 2.05) is 12.4 Å². The van der Waals surface area contributed by atoms with E-state index in [0.717, 1.165) is 73.6 Å². The zero-order chi connectivity index (χ0) is 60.0. The van der Waals surface area contributed by atoms with E-state index in [4.69, 9.17) is 25.0 Å². The molecule has 1 saturated carbocycles. The Labute approximate surface area is 532 Å². The van der Waals surface area contributed by atoms with E-state index in [-0.39, 0.29) is 72.8 Å². The summed E-state index contributed by atoms with van der Waals surface area (Å²) in [6.45, 7) is 47.7. The van der Waals surface area contributed by atoms with Crippen LogP contribution in [-0.4, -0.2) is 112 Å². The van der Waals surface area contributed by atoms with Crippen molar-refractivity contribution in [3.8, 4) is 11.5 Å². The molecule has 10 heteroatoms. The molecule has 0 spiro atoms. The van der Waals surface area contributed by atoms with Crippen LogP contribution in [0.3, 0.4) is 0 Å². The smallest absolute Gasteiger partial charge is 0.503 e. The average molecular weight is 1220 g/mol. The number of phenolic OH excluding ortho intramolecular Hbond substituents is 2. The Hall–Kier alpha value is -2.92. The first kappa shape index (κ1) is 85.3. The molecule has 0 saturated heterocycles. The Morgan fingerprint density at radius 3 is 0.929 bits per heavy atom. The van der Waals surface area contributed by atoms with E-state index in [2.05, 4.69) is 135 Å². The number of quaternary nitrogens is 2. The van der Waals surface area contributed by atoms with Crippen molar-refractivity contribution < 1.29 is 51.0 Å². The van der Waals surface area contributed by atoms with Gasteiger partial charge in [0, 0.05) is 51.5 Å². The molecule has 2 aromatic rings. The number of hydrogen-bond donors (Lipinski definition) is 4. The van der Waals surface area contributed by atoms with Crippen LogP contribution in [0.25, 0.3) is 0 Å². The largest absolute Gasteiger partial charge is 0.507 e. The van der Waals surface area contributed by atoms with Gasteiger partial charge >= 0.3 is 6.16 Å². The van der Waals surface area contributed by atoms with Gasteiger partial charge in [0.05, 0.1) is 64.4 Å². The molecule has 0 aliphatic heterocycles. The molecular weight excluding hydrogens is 1080 g/mol. The van der Waals surface area contributed by atoms with Crippen LogP contribution < -0.4 is 0 Å². The van der Waals surface area contributed by atoms with Crippen molar-refractivity contribution in [1.29, 1.82) is 0 Å². The summed E-state index contributed by atoms with van der Waals surface area (Å²) in [6, 6.07) is 9.37. The second-order valence-corrected chi connectivity index (χ2v) is 27.8. The van der Waals surface area contributed by atoms with Gasteiger partial charge in [-0.25, -0.2) is 4.79 Å². The summed E-state index contributed by atoms with van der Waals surface area (Å²) >= 11 is 0. The monoisotopic (exact) mass is 1220 g/mol. The number of aromatic hydroxyl groups is 2. The van der Waals surface area contributed by atoms with Crippen LogP contribution >= 0.6 is 0 Å². The Morgan fingerprint density at radius 1 is 0.452 bits per heavy atom. The molecule has 0 bridgehead atoms. The van der Waals surface area contributed by atoms with E-state index in [1.165, 1.54) is 188 Å². The Balaban J connectivity index is -0.00000793. The number of carbonyl (C=O) groups is 1. The number of carboxylic acid groups (broad SMARTS) is 2. The second kappa shape index (κ2) is 42.9. The number of unbranched alkanes of at least 4 members (excludes halogenated alkanes) is 8. The molecule has 0 heterocycles. The molecule has 9 nitrogen and oxygen atoms in total. The first-order valence-electron chi connectivity index (χ1n) is 33.3. The van der Waals surface area contributed by atoms with Gasteiger partial charge in [0.2, 0.25) is 0 Å². The summed E-state index contributed by atoms with van der Waals surface area (Å²) in [5.41, 5.74) is 5.99. The van der Waals surface area contributed by atoms with E-state index in [1.54, 1.807) is 0 Å². The predicted octanol–water partition coefficient (Wildman–Crippen LogP) is 21.0. The maximum atomic E-state index is 12.4. The van der Waals surface area contributed by atoms with E-state index < -0.39 is 6.16 Å². The topological polar surface area (TPSA) is 123 Å². The Kier molecular flexibility index (Phi) is 43.5. The van der Waals surface area contributed by atoms with Gasteiger partial charge in [0.15, 0.2) is 0 Å². The molecule has 0 aromatic heterocycles. The van der Waals surface area contributed by atoms with Gasteiger partial charge in [-0.15, -0.1) is 0 Å². The van der Waals surface area contributed by atoms with Crippen molar-refractivity contribution in [2.45, 2.75) is 311 Å². The molecule has 2 unspecified atom stereocenters. The van der Waals surface area contributed by atoms with Gasteiger partial charge in [0.1, 0.15) is 11.5 Å². The first-order valence-corrected chi connectivity index (χ1v) is 33.3. The number of aliphatic imine (C=N–C) groups is 2. The third kappa shape index (κ3) is 28.5. The maximum Gasteiger partial charge on any atom is 0.503 e. The summed E-state index contributed by atoms with van der Waals surface area (Å²) in [4.78, 5) is 19.4. The van der Waals surface area contributed by atoms with Crippen LogP contribution in [0.15, 0.2) is 34.3 Å². The maximum absolute atomic E-state index is 12.4. The standard InChI is InChI=1S/C70H124N4O2.CH2O3.3CH3.Co/c1-17-25-39-69(15,40-26-18-2)59-51-57(65(75)61(53-59)67(9,10)11)55-71-63-37-33-34-38-64(63)72-56-58-52-60(54-62(66(58)76)68(12,13)14)70(16,41-35-49-73(43-27-19-3,44-28-20-4)45-29-21-5)42-36-50-74(46-30-22-6,47-31-23-7)48-32-24-8;2-1(3)4;;;;/h51-56,63-64H,17-50H2,1-16H3;(H2,2,3,4);3*1H3;/q;;3*-1;/p+2. The van der Waals surface area contributed by atoms with Crippen LogP contribution in [-0.2, 0) is 38.4 Å². The minimum atomic E-state index is -1.83. The second-order valence-electron chi connectivity index (χ2n) is 27.8. The fourth-order valence-corrected chi connectivity index (χ4v) is 13.0.